The molecule has 2 heterocycles. The minimum Gasteiger partial charge on any atom is -0.481 e. The van der Waals surface area contributed by atoms with Crippen LogP contribution in [0.4, 0.5) is 0 Å². The van der Waals surface area contributed by atoms with Gasteiger partial charge in [0, 0.05) is 36.4 Å². The van der Waals surface area contributed by atoms with Crippen LogP contribution in [0, 0.1) is 11.8 Å². The van der Waals surface area contributed by atoms with Crippen molar-refractivity contribution in [2.75, 3.05) is 26.2 Å². The second kappa shape index (κ2) is 39.6. The van der Waals surface area contributed by atoms with E-state index in [1.54, 1.807) is 74.6 Å². The molecule has 33 heteroatoms. The SMILES string of the molecule is CCC(C)CCCCC(=O)NC1C(=O)NC(CCN)C(=O)NC(CC(=O)O)C(=O)NCC(=O)NC(CC(N)=O)C(=O)NC(CC(=O)O)C(=O)NCC(=O)NC(Cc2c[nH]c3ccccc23)C(=O)NC(C(C)CC)C(=O)NC(CCN)C(=O)NC(Cc2ccccc2)C(=O)OC1C. The first kappa shape index (κ1) is 78.4. The number of aromatic amines is 1. The van der Waals surface area contributed by atoms with Gasteiger partial charge in [0.15, 0.2) is 0 Å². The molecule has 12 amide bonds. The minimum absolute atomic E-state index is 0.104. The Morgan fingerprint density at radius 3 is 1.61 bits per heavy atom. The number of nitrogens with one attached hydrogen (secondary N) is 12. The summed E-state index contributed by atoms with van der Waals surface area (Å²) < 4.78 is 5.91. The first-order valence-electron chi connectivity index (χ1n) is 31.7. The summed E-state index contributed by atoms with van der Waals surface area (Å²) in [6.45, 7) is 6.07. The lowest BCUT2D eigenvalue weighted by molar-refractivity contribution is -0.156. The van der Waals surface area contributed by atoms with Crippen molar-refractivity contribution < 1.29 is 86.9 Å². The number of fused-ring (bicyclic) bond motifs is 1. The highest BCUT2D eigenvalue weighted by molar-refractivity contribution is 6.00. The largest absolute Gasteiger partial charge is 0.481 e. The van der Waals surface area contributed by atoms with Crippen molar-refractivity contribution in [3.05, 3.63) is 71.9 Å². The molecule has 0 bridgehead atoms. The molecule has 0 aliphatic carbocycles. The van der Waals surface area contributed by atoms with E-state index in [-0.39, 0.29) is 51.6 Å². The number of aromatic nitrogens is 1. The van der Waals surface area contributed by atoms with Gasteiger partial charge in [0.05, 0.1) is 32.4 Å². The van der Waals surface area contributed by atoms with E-state index in [1.165, 1.54) is 6.92 Å². The molecular formula is C63H91N15O18. The van der Waals surface area contributed by atoms with Crippen molar-refractivity contribution in [3.63, 3.8) is 0 Å². The Bertz CT molecular complexity index is 3240. The number of primary amides is 1. The first-order chi connectivity index (χ1) is 45.6. The van der Waals surface area contributed by atoms with Crippen LogP contribution >= 0.6 is 0 Å². The van der Waals surface area contributed by atoms with Crippen LogP contribution in [0.25, 0.3) is 10.9 Å². The fourth-order valence-electron chi connectivity index (χ4n) is 10.1. The maximum Gasteiger partial charge on any atom is 0.329 e. The molecule has 96 heavy (non-hydrogen) atoms. The Hall–Kier alpha value is -10.1. The van der Waals surface area contributed by atoms with Gasteiger partial charge in [-0.1, -0.05) is 102 Å². The van der Waals surface area contributed by atoms with E-state index < -0.39 is 188 Å². The van der Waals surface area contributed by atoms with Crippen molar-refractivity contribution >= 4 is 99.7 Å². The van der Waals surface area contributed by atoms with E-state index in [0.29, 0.717) is 40.8 Å². The summed E-state index contributed by atoms with van der Waals surface area (Å²) in [7, 11) is 0. The average Bonchev–Trinajstić information content (AvgIpc) is 1.38. The second-order valence-electron chi connectivity index (χ2n) is 23.6. The number of benzene rings is 2. The first-order valence-corrected chi connectivity index (χ1v) is 31.7. The maximum absolute atomic E-state index is 14.6. The summed E-state index contributed by atoms with van der Waals surface area (Å²) >= 11 is 0. The molecule has 20 N–H and O–H groups in total. The van der Waals surface area contributed by atoms with Gasteiger partial charge in [-0.15, -0.1) is 0 Å². The Labute approximate surface area is 553 Å². The zero-order valence-corrected chi connectivity index (χ0v) is 54.4. The number of carbonyl (C=O) groups is 15. The molecule has 3 aromatic rings. The lowest BCUT2D eigenvalue weighted by Crippen LogP contribution is -2.61. The quantitative estimate of drug-likeness (QED) is 0.0326. The monoisotopic (exact) mass is 1350 g/mol. The Morgan fingerprint density at radius 2 is 1.07 bits per heavy atom. The topological polar surface area (TPSA) is 532 Å². The van der Waals surface area contributed by atoms with Gasteiger partial charge < -0.3 is 95.6 Å². The molecule has 526 valence electrons. The Balaban J connectivity index is 1.84. The Kier molecular flexibility index (Phi) is 32.3. The van der Waals surface area contributed by atoms with E-state index in [1.807, 2.05) is 13.8 Å². The average molecular weight is 1350 g/mol. The summed E-state index contributed by atoms with van der Waals surface area (Å²) in [5.74, 6) is -18.1. The number of H-pyrrole nitrogens is 1. The molecular weight excluding hydrogens is 1250 g/mol. The number of amides is 12. The van der Waals surface area contributed by atoms with E-state index in [4.69, 9.17) is 21.9 Å². The minimum atomic E-state index is -2.03. The number of carboxylic acids is 2. The lowest BCUT2D eigenvalue weighted by Gasteiger charge is -2.30. The molecule has 0 saturated carbocycles. The smallest absolute Gasteiger partial charge is 0.329 e. The predicted molar refractivity (Wildman–Crippen MR) is 344 cm³/mol. The molecule has 0 spiro atoms. The van der Waals surface area contributed by atoms with Crippen molar-refractivity contribution in [1.82, 2.24) is 63.5 Å². The third-order valence-corrected chi connectivity index (χ3v) is 15.9. The number of rotatable bonds is 23. The summed E-state index contributed by atoms with van der Waals surface area (Å²) in [5, 5.41) is 46.4. The van der Waals surface area contributed by atoms with Gasteiger partial charge in [0.25, 0.3) is 0 Å². The normalized spacial score (nSPS) is 23.8. The molecule has 1 aliphatic heterocycles. The van der Waals surface area contributed by atoms with E-state index in [0.717, 1.165) is 12.8 Å². The predicted octanol–water partition coefficient (Wildman–Crippen LogP) is -3.33. The zero-order valence-electron chi connectivity index (χ0n) is 54.4. The number of nitrogens with two attached hydrogens (primary N) is 3. The molecule has 0 radical (unpaired) electrons. The number of ether oxygens (including phenoxy) is 1. The number of unbranched alkanes of at least 4 members (excludes halogenated alkanes) is 1. The fourth-order valence-corrected chi connectivity index (χ4v) is 10.1. The highest BCUT2D eigenvalue weighted by Crippen LogP contribution is 2.21. The van der Waals surface area contributed by atoms with Gasteiger partial charge in [-0.3, -0.25) is 67.1 Å². The van der Waals surface area contributed by atoms with Crippen molar-refractivity contribution in [2.45, 2.75) is 179 Å². The number of cyclic esters (lactones) is 1. The van der Waals surface area contributed by atoms with Crippen LogP contribution in [-0.4, -0.2) is 191 Å². The van der Waals surface area contributed by atoms with Crippen molar-refractivity contribution in [3.8, 4) is 0 Å². The molecule has 12 atom stereocenters. The third kappa shape index (κ3) is 26.0. The van der Waals surface area contributed by atoms with Crippen LogP contribution in [0.1, 0.15) is 116 Å². The zero-order chi connectivity index (χ0) is 71.2. The summed E-state index contributed by atoms with van der Waals surface area (Å²) in [4.78, 5) is 208. The van der Waals surface area contributed by atoms with E-state index >= 15 is 0 Å². The van der Waals surface area contributed by atoms with Gasteiger partial charge >= 0.3 is 17.9 Å². The molecule has 1 aromatic heterocycles. The highest BCUT2D eigenvalue weighted by atomic mass is 16.5. The van der Waals surface area contributed by atoms with Crippen LogP contribution in [0.3, 0.4) is 0 Å². The van der Waals surface area contributed by atoms with Crippen molar-refractivity contribution in [1.29, 1.82) is 0 Å². The molecule has 12 unspecified atom stereocenters. The fraction of sp³-hybridized carbons (Fsp3) is 0.540. The molecule has 1 fully saturated rings. The van der Waals surface area contributed by atoms with Crippen LogP contribution < -0.4 is 75.7 Å². The lowest BCUT2D eigenvalue weighted by atomic mass is 9.96. The van der Waals surface area contributed by atoms with Gasteiger partial charge in [0.1, 0.15) is 60.5 Å². The number of hydrogen-bond donors (Lipinski definition) is 17. The molecule has 33 nitrogen and oxygen atoms in total. The number of aliphatic carboxylic acids is 2. The molecule has 1 saturated heterocycles. The van der Waals surface area contributed by atoms with Crippen LogP contribution in [-0.2, 0) is 89.5 Å². The summed E-state index contributed by atoms with van der Waals surface area (Å²) in [5.41, 5.74) is 18.9. The number of carboxylic acid groups (broad SMARTS) is 2. The molecule has 2 aromatic carbocycles. The molecule has 1 aliphatic rings. The van der Waals surface area contributed by atoms with Crippen LogP contribution in [0.5, 0.6) is 0 Å². The number of esters is 1. The Morgan fingerprint density at radius 1 is 0.573 bits per heavy atom. The number of hydrogen-bond acceptors (Lipinski definition) is 18. The van der Waals surface area contributed by atoms with Crippen LogP contribution in [0.2, 0.25) is 0 Å². The van der Waals surface area contributed by atoms with Gasteiger partial charge in [0.2, 0.25) is 70.9 Å². The number of carbonyl (C=O) groups excluding carboxylic acids is 13. The van der Waals surface area contributed by atoms with E-state index in [2.05, 4.69) is 63.5 Å². The van der Waals surface area contributed by atoms with E-state index in [9.17, 15) is 82.1 Å². The van der Waals surface area contributed by atoms with Gasteiger partial charge in [-0.05, 0) is 68.3 Å². The van der Waals surface area contributed by atoms with Crippen LogP contribution in [0.15, 0.2) is 60.8 Å². The summed E-state index contributed by atoms with van der Waals surface area (Å²) in [6.07, 6.45) is -1.55. The highest BCUT2D eigenvalue weighted by Gasteiger charge is 2.39. The maximum atomic E-state index is 14.6. The van der Waals surface area contributed by atoms with Crippen molar-refractivity contribution in [2.24, 2.45) is 29.0 Å². The standard InChI is InChI=1S/C63H91N15O18/c1-6-33(3)15-11-14-20-48(80)77-54-35(5)96-63(95)46(25-36-16-9-8-10-17-36)76-58(90)41(22-24-65)72-61(93)53(34(4)7-2)78-60(92)42(26-37-30-67-39-19-13-12-18-38(37)39)70-49(81)31-68-56(88)45(29-52(85)86)75-59(91)43(27-47(66)79)71-50(82)32-69-55(87)44(28-51(83)84)74-57(89)40(21-23-64)73-62(54)94/h8-10,12-13,16-19,30,33-35,40-46,53-54,67H,6-7,11,14-15,20-29,31-32,64-65H2,1-5H3,(H2,66,79)(H,68,88)(H,69,87)(H,70,81)(H,71,82)(H,72,93)(H,73,94)(H,74,89)(H,75,91)(H,76,90)(H,77,80)(H,78,92)(H,83,84)(H,85,86). The summed E-state index contributed by atoms with van der Waals surface area (Å²) in [6, 6.07) is -0.310. The number of para-hydroxylation sites is 1. The third-order valence-electron chi connectivity index (χ3n) is 15.9. The second-order valence-corrected chi connectivity index (χ2v) is 23.6. The van der Waals surface area contributed by atoms with Gasteiger partial charge in [-0.2, -0.15) is 0 Å². The van der Waals surface area contributed by atoms with Gasteiger partial charge in [-0.25, -0.2) is 4.79 Å². The molecule has 4 rings (SSSR count).